The summed E-state index contributed by atoms with van der Waals surface area (Å²) in [4.78, 5) is 9.95. The first-order valence-corrected chi connectivity index (χ1v) is 18.4. The summed E-state index contributed by atoms with van der Waals surface area (Å²) in [5.74, 6) is 0.694. The molecule has 4 heteroatoms. The highest BCUT2D eigenvalue weighted by Gasteiger charge is 2.29. The highest BCUT2D eigenvalue weighted by Crippen LogP contribution is 2.42. The fraction of sp³-hybridized carbons (Fsp3) is 0. The van der Waals surface area contributed by atoms with Crippen LogP contribution in [0.2, 0.25) is 0 Å². The van der Waals surface area contributed by atoms with Crippen LogP contribution in [0.25, 0.3) is 56.2 Å². The Morgan fingerprint density at radius 3 is 0.980 bits per heavy atom. The van der Waals surface area contributed by atoms with Gasteiger partial charge in [0.15, 0.2) is 13.0 Å². The summed E-state index contributed by atoms with van der Waals surface area (Å²) in [5, 5.41) is 2.49. The molecule has 0 unspecified atom stereocenters. The molecule has 0 spiro atoms. The second-order valence-corrected chi connectivity index (χ2v) is 14.9. The van der Waals surface area contributed by atoms with Crippen LogP contribution in [0.15, 0.2) is 200 Å². The van der Waals surface area contributed by atoms with Gasteiger partial charge in [-0.25, -0.2) is 9.97 Å². The van der Waals surface area contributed by atoms with E-state index in [1.807, 2.05) is 109 Å². The van der Waals surface area contributed by atoms with Crippen LogP contribution in [-0.4, -0.2) is 9.97 Å². The summed E-state index contributed by atoms with van der Waals surface area (Å²) in [6, 6.07) is 67.3. The average Bonchev–Trinajstić information content (AvgIpc) is 3.22. The summed E-state index contributed by atoms with van der Waals surface area (Å²) in [7, 11) is -3.01. The smallest absolute Gasteiger partial charge is 0.171 e. The Morgan fingerprint density at radius 1 is 0.300 bits per heavy atom. The van der Waals surface area contributed by atoms with Crippen molar-refractivity contribution < 1.29 is 4.57 Å². The molecule has 0 saturated heterocycles. The van der Waals surface area contributed by atoms with Gasteiger partial charge in [0.1, 0.15) is 0 Å². The molecule has 0 amide bonds. The van der Waals surface area contributed by atoms with Crippen LogP contribution < -0.4 is 15.9 Å². The number of hydrogen-bond acceptors (Lipinski definition) is 3. The Kier molecular flexibility index (Phi) is 8.57. The molecule has 0 aliphatic carbocycles. The predicted octanol–water partition coefficient (Wildman–Crippen LogP) is 10.5. The summed E-state index contributed by atoms with van der Waals surface area (Å²) in [6.07, 6.45) is 0. The number of rotatable bonds is 8. The van der Waals surface area contributed by atoms with E-state index in [-0.39, 0.29) is 0 Å². The zero-order valence-electron chi connectivity index (χ0n) is 27.3. The highest BCUT2D eigenvalue weighted by molar-refractivity contribution is 7.85. The molecule has 0 N–H and O–H groups in total. The van der Waals surface area contributed by atoms with Crippen molar-refractivity contribution in [3.63, 3.8) is 0 Å². The van der Waals surface area contributed by atoms with Gasteiger partial charge in [-0.05, 0) is 28.3 Å². The molecule has 0 bridgehead atoms. The van der Waals surface area contributed by atoms with Gasteiger partial charge in [-0.15, -0.1) is 0 Å². The summed E-state index contributed by atoms with van der Waals surface area (Å²) < 4.78 is 14.7. The van der Waals surface area contributed by atoms with E-state index in [4.69, 9.17) is 9.97 Å². The normalized spacial score (nSPS) is 11.3. The summed E-state index contributed by atoms with van der Waals surface area (Å²) in [6.45, 7) is 0. The molecule has 0 saturated carbocycles. The van der Waals surface area contributed by atoms with Gasteiger partial charge in [-0.3, -0.25) is 0 Å². The van der Waals surface area contributed by atoms with Crippen LogP contribution in [0.4, 0.5) is 0 Å². The van der Waals surface area contributed by atoms with E-state index in [1.165, 1.54) is 0 Å². The molecule has 0 aliphatic rings. The SMILES string of the molecule is O=P(c1ccccc1)(c1ccccc1)c1ccc(-c2ccc(-c3ccc(-c4nc(-c5ccccc5)cc(-c5ccccc5)n4)cc3)cc2)cc1. The first-order chi connectivity index (χ1) is 24.6. The van der Waals surface area contributed by atoms with Crippen molar-refractivity contribution >= 4 is 23.1 Å². The van der Waals surface area contributed by atoms with Crippen LogP contribution in [0.5, 0.6) is 0 Å². The fourth-order valence-electron chi connectivity index (χ4n) is 6.34. The van der Waals surface area contributed by atoms with Gasteiger partial charge in [0.05, 0.1) is 11.4 Å². The van der Waals surface area contributed by atoms with Crippen LogP contribution in [-0.2, 0) is 4.57 Å². The van der Waals surface area contributed by atoms with Gasteiger partial charge in [0.25, 0.3) is 0 Å². The quantitative estimate of drug-likeness (QED) is 0.152. The Hall–Kier alpha value is -6.15. The Bertz CT molecular complexity index is 2290. The molecule has 7 aromatic carbocycles. The van der Waals surface area contributed by atoms with Gasteiger partial charge >= 0.3 is 0 Å². The van der Waals surface area contributed by atoms with E-state index in [0.29, 0.717) is 5.82 Å². The minimum Gasteiger partial charge on any atom is -0.309 e. The first kappa shape index (κ1) is 31.1. The molecule has 0 fully saturated rings. The minimum absolute atomic E-state index is 0.694. The van der Waals surface area contributed by atoms with Gasteiger partial charge in [-0.2, -0.15) is 0 Å². The van der Waals surface area contributed by atoms with Crippen molar-refractivity contribution in [1.29, 1.82) is 0 Å². The largest absolute Gasteiger partial charge is 0.309 e. The third kappa shape index (κ3) is 6.23. The molecule has 0 atom stereocenters. The van der Waals surface area contributed by atoms with Gasteiger partial charge < -0.3 is 4.57 Å². The van der Waals surface area contributed by atoms with Gasteiger partial charge in [0.2, 0.25) is 0 Å². The second kappa shape index (κ2) is 13.8. The van der Waals surface area contributed by atoms with Crippen LogP contribution in [0, 0.1) is 0 Å². The van der Waals surface area contributed by atoms with Crippen LogP contribution in [0.3, 0.4) is 0 Å². The van der Waals surface area contributed by atoms with Crippen molar-refractivity contribution in [2.75, 3.05) is 0 Å². The average molecular weight is 661 g/mol. The lowest BCUT2D eigenvalue weighted by atomic mass is 9.99. The topological polar surface area (TPSA) is 42.9 Å². The lowest BCUT2D eigenvalue weighted by molar-refractivity contribution is 0.592. The van der Waals surface area contributed by atoms with E-state index >= 15 is 0 Å². The molecule has 238 valence electrons. The highest BCUT2D eigenvalue weighted by atomic mass is 31.2. The molecule has 50 heavy (non-hydrogen) atoms. The third-order valence-corrected chi connectivity index (χ3v) is 12.1. The monoisotopic (exact) mass is 660 g/mol. The van der Waals surface area contributed by atoms with Crippen LogP contribution >= 0.6 is 7.14 Å². The second-order valence-electron chi connectivity index (χ2n) is 12.2. The predicted molar refractivity (Wildman–Crippen MR) is 209 cm³/mol. The molecule has 1 aromatic heterocycles. The lowest BCUT2D eigenvalue weighted by Gasteiger charge is -2.20. The van der Waals surface area contributed by atoms with E-state index in [9.17, 15) is 4.57 Å². The Morgan fingerprint density at radius 2 is 0.600 bits per heavy atom. The minimum atomic E-state index is -3.01. The maximum absolute atomic E-state index is 14.7. The number of benzene rings is 7. The molecule has 8 rings (SSSR count). The maximum atomic E-state index is 14.7. The standard InChI is InChI=1S/C46H33N2OP/c49-50(41-17-9-3-10-18-41,42-19-11-4-12-20-42)43-31-29-37(30-32-43)35-23-21-34(22-24-35)36-25-27-40(28-26-36)46-47-44(38-13-5-1-6-14-38)33-45(48-46)39-15-7-2-8-16-39/h1-33H. The molecular weight excluding hydrogens is 627 g/mol. The van der Waals surface area contributed by atoms with E-state index in [2.05, 4.69) is 91.0 Å². The van der Waals surface area contributed by atoms with Crippen molar-refractivity contribution in [1.82, 2.24) is 9.97 Å². The number of nitrogens with zero attached hydrogens (tertiary/aromatic N) is 2. The van der Waals surface area contributed by atoms with Crippen molar-refractivity contribution in [3.8, 4) is 56.2 Å². The zero-order chi connectivity index (χ0) is 33.8. The third-order valence-electron chi connectivity index (χ3n) is 9.03. The van der Waals surface area contributed by atoms with Gasteiger partial charge in [0, 0.05) is 32.6 Å². The fourth-order valence-corrected chi connectivity index (χ4v) is 8.99. The molecule has 0 aliphatic heterocycles. The number of hydrogen-bond donors (Lipinski definition) is 0. The molecule has 1 heterocycles. The molecule has 3 nitrogen and oxygen atoms in total. The Labute approximate surface area is 293 Å². The summed E-state index contributed by atoms with van der Waals surface area (Å²) in [5.41, 5.74) is 9.28. The zero-order valence-corrected chi connectivity index (χ0v) is 28.2. The lowest BCUT2D eigenvalue weighted by Crippen LogP contribution is -2.24. The van der Waals surface area contributed by atoms with Crippen LogP contribution in [0.1, 0.15) is 0 Å². The van der Waals surface area contributed by atoms with Crippen molar-refractivity contribution in [2.45, 2.75) is 0 Å². The molecule has 0 radical (unpaired) electrons. The summed E-state index contributed by atoms with van der Waals surface area (Å²) >= 11 is 0. The van der Waals surface area contributed by atoms with Gasteiger partial charge in [-0.1, -0.05) is 194 Å². The van der Waals surface area contributed by atoms with Crippen molar-refractivity contribution in [3.05, 3.63) is 200 Å². The first-order valence-electron chi connectivity index (χ1n) is 16.7. The van der Waals surface area contributed by atoms with Crippen molar-refractivity contribution in [2.24, 2.45) is 0 Å². The van der Waals surface area contributed by atoms with E-state index in [1.54, 1.807) is 0 Å². The maximum Gasteiger partial charge on any atom is 0.171 e. The number of aromatic nitrogens is 2. The van der Waals surface area contributed by atoms with E-state index in [0.717, 1.165) is 66.2 Å². The molecular formula is C46H33N2OP. The van der Waals surface area contributed by atoms with E-state index < -0.39 is 7.14 Å². The Balaban J connectivity index is 1.06. The molecule has 8 aromatic rings.